The molecule has 0 spiro atoms. The second-order valence-corrected chi connectivity index (χ2v) is 3.20. The van der Waals surface area contributed by atoms with Gasteiger partial charge in [0.15, 0.2) is 0 Å². The Bertz CT molecular complexity index is 190. The van der Waals surface area contributed by atoms with Crippen molar-refractivity contribution in [3.8, 4) is 0 Å². The van der Waals surface area contributed by atoms with Crippen LogP contribution in [-0.4, -0.2) is 0 Å². The zero-order valence-corrected chi connectivity index (χ0v) is 8.17. The number of hydrogen-bond acceptors (Lipinski definition) is 0. The Kier molecular flexibility index (Phi) is 4.43. The molecule has 0 heterocycles. The van der Waals surface area contributed by atoms with E-state index >= 15 is 0 Å². The Balaban J connectivity index is 4.67. The molecular formula is C9H14ClF. The first-order valence-electron chi connectivity index (χ1n) is 3.69. The lowest BCUT2D eigenvalue weighted by atomic mass is 10.0. The number of hydrogen-bond donors (Lipinski definition) is 0. The molecule has 0 saturated carbocycles. The normalized spacial score (nSPS) is 15.4. The van der Waals surface area contributed by atoms with Gasteiger partial charge in [0.25, 0.3) is 0 Å². The first-order chi connectivity index (χ1) is 5.00. The summed E-state index contributed by atoms with van der Waals surface area (Å²) in [7, 11) is 0. The third-order valence-electron chi connectivity index (χ3n) is 1.68. The van der Waals surface area contributed by atoms with E-state index in [0.717, 1.165) is 0 Å². The fourth-order valence-electron chi connectivity index (χ4n) is 0.569. The summed E-state index contributed by atoms with van der Waals surface area (Å²) in [5.74, 6) is -0.0760. The SMILES string of the molecule is C/C=C(Cl)\C(F)=C(/C)C(C)C. The highest BCUT2D eigenvalue weighted by Gasteiger charge is 2.07. The number of allylic oxidation sites excluding steroid dienone is 4. The molecule has 0 aromatic carbocycles. The summed E-state index contributed by atoms with van der Waals surface area (Å²) < 4.78 is 13.1. The predicted octanol–water partition coefficient (Wildman–Crippen LogP) is 4.03. The average Bonchev–Trinajstić information content (AvgIpc) is 2.00. The van der Waals surface area contributed by atoms with Crippen molar-refractivity contribution in [2.75, 3.05) is 0 Å². The van der Waals surface area contributed by atoms with Crippen LogP contribution in [0.4, 0.5) is 4.39 Å². The number of halogens is 2. The van der Waals surface area contributed by atoms with Crippen molar-refractivity contribution in [1.29, 1.82) is 0 Å². The molecule has 0 rings (SSSR count). The largest absolute Gasteiger partial charge is 0.205 e. The van der Waals surface area contributed by atoms with E-state index in [1.807, 2.05) is 13.8 Å². The van der Waals surface area contributed by atoms with E-state index in [1.165, 1.54) is 0 Å². The van der Waals surface area contributed by atoms with Gasteiger partial charge in [-0.2, -0.15) is 0 Å². The molecule has 0 N–H and O–H groups in total. The van der Waals surface area contributed by atoms with Crippen LogP contribution in [0.15, 0.2) is 22.5 Å². The molecular weight excluding hydrogens is 163 g/mol. The van der Waals surface area contributed by atoms with Gasteiger partial charge in [0.2, 0.25) is 0 Å². The van der Waals surface area contributed by atoms with Gasteiger partial charge in [0.05, 0.1) is 5.03 Å². The van der Waals surface area contributed by atoms with E-state index in [9.17, 15) is 4.39 Å². The summed E-state index contributed by atoms with van der Waals surface area (Å²) in [5, 5.41) is 0.205. The van der Waals surface area contributed by atoms with Crippen molar-refractivity contribution in [3.05, 3.63) is 22.5 Å². The highest BCUT2D eigenvalue weighted by atomic mass is 35.5. The van der Waals surface area contributed by atoms with E-state index in [4.69, 9.17) is 11.6 Å². The van der Waals surface area contributed by atoms with Gasteiger partial charge in [0.1, 0.15) is 5.83 Å². The second kappa shape index (κ2) is 4.55. The van der Waals surface area contributed by atoms with Gasteiger partial charge in [0, 0.05) is 0 Å². The minimum Gasteiger partial charge on any atom is -0.205 e. The smallest absolute Gasteiger partial charge is 0.140 e. The molecule has 0 aliphatic heterocycles. The molecule has 0 bridgehead atoms. The number of rotatable bonds is 2. The van der Waals surface area contributed by atoms with Crippen molar-refractivity contribution in [3.63, 3.8) is 0 Å². The highest BCUT2D eigenvalue weighted by Crippen LogP contribution is 2.23. The molecule has 0 atom stereocenters. The van der Waals surface area contributed by atoms with Gasteiger partial charge in [-0.05, 0) is 25.3 Å². The maximum atomic E-state index is 13.1. The fraction of sp³-hybridized carbons (Fsp3) is 0.556. The Morgan fingerprint density at radius 3 is 2.18 bits per heavy atom. The first kappa shape index (κ1) is 10.7. The van der Waals surface area contributed by atoms with Crippen LogP contribution in [0, 0.1) is 5.92 Å². The Morgan fingerprint density at radius 1 is 1.45 bits per heavy atom. The van der Waals surface area contributed by atoms with E-state index in [1.54, 1.807) is 19.9 Å². The van der Waals surface area contributed by atoms with Crippen molar-refractivity contribution in [1.82, 2.24) is 0 Å². The van der Waals surface area contributed by atoms with Gasteiger partial charge in [-0.15, -0.1) is 0 Å². The van der Waals surface area contributed by atoms with Crippen molar-refractivity contribution < 1.29 is 4.39 Å². The maximum absolute atomic E-state index is 13.1. The highest BCUT2D eigenvalue weighted by molar-refractivity contribution is 6.31. The molecule has 0 aromatic heterocycles. The molecule has 0 fully saturated rings. The molecule has 0 aliphatic rings. The van der Waals surface area contributed by atoms with Crippen LogP contribution in [0.3, 0.4) is 0 Å². The minimum atomic E-state index is -0.288. The molecule has 0 aromatic rings. The van der Waals surface area contributed by atoms with Crippen LogP contribution in [0.5, 0.6) is 0 Å². The van der Waals surface area contributed by atoms with Crippen LogP contribution >= 0.6 is 11.6 Å². The lowest BCUT2D eigenvalue weighted by Crippen LogP contribution is -1.92. The lowest BCUT2D eigenvalue weighted by molar-refractivity contribution is 0.615. The zero-order valence-electron chi connectivity index (χ0n) is 7.41. The van der Waals surface area contributed by atoms with Gasteiger partial charge >= 0.3 is 0 Å². The molecule has 2 heteroatoms. The summed E-state index contributed by atoms with van der Waals surface area (Å²) in [5.41, 5.74) is 0.702. The Morgan fingerprint density at radius 2 is 1.91 bits per heavy atom. The summed E-state index contributed by atoms with van der Waals surface area (Å²) in [4.78, 5) is 0. The van der Waals surface area contributed by atoms with Crippen LogP contribution in [0.1, 0.15) is 27.7 Å². The quantitative estimate of drug-likeness (QED) is 0.558. The summed E-state index contributed by atoms with van der Waals surface area (Å²) in [6.07, 6.45) is 1.56. The van der Waals surface area contributed by atoms with Crippen molar-refractivity contribution >= 4 is 11.6 Å². The molecule has 64 valence electrons. The second-order valence-electron chi connectivity index (χ2n) is 2.79. The summed E-state index contributed by atoms with van der Waals surface area (Å²) in [6.45, 7) is 7.35. The van der Waals surface area contributed by atoms with Crippen molar-refractivity contribution in [2.45, 2.75) is 27.7 Å². The molecule has 0 aliphatic carbocycles. The van der Waals surface area contributed by atoms with E-state index in [0.29, 0.717) is 5.57 Å². The lowest BCUT2D eigenvalue weighted by Gasteiger charge is -2.06. The van der Waals surface area contributed by atoms with Gasteiger partial charge in [-0.1, -0.05) is 31.5 Å². The Labute approximate surface area is 72.7 Å². The molecule has 0 radical (unpaired) electrons. The molecule has 0 nitrogen and oxygen atoms in total. The molecule has 0 unspecified atom stereocenters. The monoisotopic (exact) mass is 176 g/mol. The van der Waals surface area contributed by atoms with E-state index in [-0.39, 0.29) is 16.8 Å². The van der Waals surface area contributed by atoms with Gasteiger partial charge in [-0.3, -0.25) is 0 Å². The van der Waals surface area contributed by atoms with Crippen LogP contribution in [-0.2, 0) is 0 Å². The summed E-state index contributed by atoms with van der Waals surface area (Å²) in [6, 6.07) is 0. The molecule has 11 heavy (non-hydrogen) atoms. The molecule has 0 amide bonds. The fourth-order valence-corrected chi connectivity index (χ4v) is 0.718. The van der Waals surface area contributed by atoms with E-state index < -0.39 is 0 Å². The van der Waals surface area contributed by atoms with Gasteiger partial charge in [-0.25, -0.2) is 4.39 Å². The predicted molar refractivity (Wildman–Crippen MR) is 48.3 cm³/mol. The zero-order chi connectivity index (χ0) is 9.02. The summed E-state index contributed by atoms with van der Waals surface area (Å²) >= 11 is 5.58. The first-order valence-corrected chi connectivity index (χ1v) is 4.07. The standard InChI is InChI=1S/C9H14ClF/c1-5-8(10)9(11)7(4)6(2)3/h5-6H,1-4H3/b8-5+,9-7-. The minimum absolute atomic E-state index is 0.205. The van der Waals surface area contributed by atoms with E-state index in [2.05, 4.69) is 0 Å². The molecule has 0 saturated heterocycles. The third-order valence-corrected chi connectivity index (χ3v) is 2.06. The Hall–Kier alpha value is -0.300. The average molecular weight is 177 g/mol. The third kappa shape index (κ3) is 3.06. The van der Waals surface area contributed by atoms with Crippen LogP contribution < -0.4 is 0 Å². The van der Waals surface area contributed by atoms with Crippen LogP contribution in [0.25, 0.3) is 0 Å². The topological polar surface area (TPSA) is 0 Å². The van der Waals surface area contributed by atoms with Crippen LogP contribution in [0.2, 0.25) is 0 Å². The maximum Gasteiger partial charge on any atom is 0.140 e. The van der Waals surface area contributed by atoms with Gasteiger partial charge < -0.3 is 0 Å². The van der Waals surface area contributed by atoms with Crippen molar-refractivity contribution in [2.24, 2.45) is 5.92 Å².